The van der Waals surface area contributed by atoms with Gasteiger partial charge in [0.05, 0.1) is 21.3 Å². The summed E-state index contributed by atoms with van der Waals surface area (Å²) >= 11 is 17.5. The van der Waals surface area contributed by atoms with Crippen molar-refractivity contribution in [3.05, 3.63) is 57.0 Å². The Morgan fingerprint density at radius 1 is 1.00 bits per heavy atom. The average molecular weight is 362 g/mol. The molecule has 0 saturated carbocycles. The monoisotopic (exact) mass is 360 g/mol. The normalized spacial score (nSPS) is 11.0. The number of hydrogen-bond donors (Lipinski definition) is 1. The van der Waals surface area contributed by atoms with Gasteiger partial charge in [-0.25, -0.2) is 8.42 Å². The van der Waals surface area contributed by atoms with E-state index in [0.717, 1.165) is 0 Å². The van der Waals surface area contributed by atoms with Gasteiger partial charge in [-0.15, -0.1) is 0 Å². The first kappa shape index (κ1) is 15.9. The molecule has 0 spiro atoms. The van der Waals surface area contributed by atoms with Crippen LogP contribution in [-0.4, -0.2) is 8.42 Å². The lowest BCUT2D eigenvalue weighted by atomic mass is 10.2. The fourth-order valence-electron chi connectivity index (χ4n) is 1.57. The number of nitrogens with one attached hydrogen (secondary N) is 1. The van der Waals surface area contributed by atoms with Crippen LogP contribution in [0.15, 0.2) is 41.3 Å². The van der Waals surface area contributed by atoms with Crippen molar-refractivity contribution < 1.29 is 8.42 Å². The molecule has 0 atom stereocenters. The fraction of sp³-hybridized carbons (Fsp3) is 0. The van der Waals surface area contributed by atoms with Crippen LogP contribution >= 0.6 is 34.8 Å². The molecule has 8 heteroatoms. The molecule has 0 heterocycles. The molecule has 2 rings (SSSR count). The lowest BCUT2D eigenvalue weighted by Crippen LogP contribution is -2.13. The van der Waals surface area contributed by atoms with Crippen molar-refractivity contribution in [3.63, 3.8) is 0 Å². The molecule has 2 aromatic carbocycles. The Kier molecular flexibility index (Phi) is 4.64. The molecule has 1 N–H and O–H groups in total. The minimum Gasteiger partial charge on any atom is -0.280 e. The first-order chi connectivity index (χ1) is 9.83. The number of halogens is 3. The summed E-state index contributed by atoms with van der Waals surface area (Å²) in [6, 6.07) is 10.2. The highest BCUT2D eigenvalue weighted by atomic mass is 35.5. The third kappa shape index (κ3) is 3.60. The highest BCUT2D eigenvalue weighted by Crippen LogP contribution is 2.28. The first-order valence-electron chi connectivity index (χ1n) is 5.51. The summed E-state index contributed by atoms with van der Waals surface area (Å²) in [5, 5.41) is 9.27. The van der Waals surface area contributed by atoms with Crippen molar-refractivity contribution in [2.24, 2.45) is 0 Å². The third-order valence-corrected chi connectivity index (χ3v) is 4.94. The summed E-state index contributed by atoms with van der Waals surface area (Å²) in [6.07, 6.45) is 0. The van der Waals surface area contributed by atoms with E-state index in [9.17, 15) is 8.42 Å². The van der Waals surface area contributed by atoms with Gasteiger partial charge in [0.15, 0.2) is 0 Å². The predicted molar refractivity (Wildman–Crippen MR) is 83.4 cm³/mol. The molecule has 108 valence electrons. The van der Waals surface area contributed by atoms with E-state index in [4.69, 9.17) is 40.1 Å². The van der Waals surface area contributed by atoms with Crippen molar-refractivity contribution in [2.75, 3.05) is 4.72 Å². The molecular formula is C13H7Cl3N2O2S. The largest absolute Gasteiger partial charge is 0.280 e. The van der Waals surface area contributed by atoms with E-state index in [2.05, 4.69) is 4.72 Å². The van der Waals surface area contributed by atoms with Gasteiger partial charge in [-0.3, -0.25) is 4.72 Å². The molecule has 0 bridgehead atoms. The molecule has 0 fully saturated rings. The maximum absolute atomic E-state index is 12.3. The molecular weight excluding hydrogens is 355 g/mol. The molecule has 0 aliphatic heterocycles. The Hall–Kier alpha value is -1.45. The number of benzene rings is 2. The molecule has 21 heavy (non-hydrogen) atoms. The maximum Gasteiger partial charge on any atom is 0.263 e. The standard InChI is InChI=1S/C13H7Cl3N2O2S/c14-9-2-4-13(12(16)5-9)21(19,20)18-10-3-1-8(7-17)11(15)6-10/h1-6,18H. The van der Waals surface area contributed by atoms with Crippen LogP contribution in [0.25, 0.3) is 0 Å². The zero-order chi connectivity index (χ0) is 15.6. The highest BCUT2D eigenvalue weighted by Gasteiger charge is 2.18. The summed E-state index contributed by atoms with van der Waals surface area (Å²) in [5.74, 6) is 0. The zero-order valence-electron chi connectivity index (χ0n) is 10.3. The van der Waals surface area contributed by atoms with Crippen LogP contribution in [0.2, 0.25) is 15.1 Å². The van der Waals surface area contributed by atoms with Crippen molar-refractivity contribution in [3.8, 4) is 6.07 Å². The van der Waals surface area contributed by atoms with Crippen molar-refractivity contribution in [1.29, 1.82) is 5.26 Å². The van der Waals surface area contributed by atoms with Crippen LogP contribution in [0, 0.1) is 11.3 Å². The molecule has 0 aromatic heterocycles. The van der Waals surface area contributed by atoms with E-state index in [-0.39, 0.29) is 26.2 Å². The third-order valence-electron chi connectivity index (χ3n) is 2.53. The lowest BCUT2D eigenvalue weighted by Gasteiger charge is -2.10. The topological polar surface area (TPSA) is 70.0 Å². The number of nitrogens with zero attached hydrogens (tertiary/aromatic N) is 1. The summed E-state index contributed by atoms with van der Waals surface area (Å²) in [6.45, 7) is 0. The number of hydrogen-bond acceptors (Lipinski definition) is 3. The van der Waals surface area contributed by atoms with Gasteiger partial charge in [0.25, 0.3) is 10.0 Å². The van der Waals surface area contributed by atoms with E-state index in [1.807, 2.05) is 6.07 Å². The van der Waals surface area contributed by atoms with Crippen LogP contribution in [0.5, 0.6) is 0 Å². The summed E-state index contributed by atoms with van der Waals surface area (Å²) in [5.41, 5.74) is 0.481. The molecule has 0 amide bonds. The summed E-state index contributed by atoms with van der Waals surface area (Å²) < 4.78 is 26.8. The van der Waals surface area contributed by atoms with Gasteiger partial charge in [0.1, 0.15) is 11.0 Å². The van der Waals surface area contributed by atoms with Crippen LogP contribution in [-0.2, 0) is 10.0 Å². The van der Waals surface area contributed by atoms with E-state index in [0.29, 0.717) is 5.02 Å². The van der Waals surface area contributed by atoms with Crippen LogP contribution < -0.4 is 4.72 Å². The fourth-order valence-corrected chi connectivity index (χ4v) is 3.62. The smallest absolute Gasteiger partial charge is 0.263 e. The quantitative estimate of drug-likeness (QED) is 0.885. The van der Waals surface area contributed by atoms with Crippen LogP contribution in [0.4, 0.5) is 5.69 Å². The summed E-state index contributed by atoms with van der Waals surface area (Å²) in [4.78, 5) is -0.103. The lowest BCUT2D eigenvalue weighted by molar-refractivity contribution is 0.601. The van der Waals surface area contributed by atoms with Gasteiger partial charge >= 0.3 is 0 Å². The second-order valence-corrected chi connectivity index (χ2v) is 6.89. The molecule has 4 nitrogen and oxygen atoms in total. The molecule has 0 radical (unpaired) electrons. The molecule has 2 aromatic rings. The highest BCUT2D eigenvalue weighted by molar-refractivity contribution is 7.92. The van der Waals surface area contributed by atoms with Gasteiger partial charge in [-0.05, 0) is 36.4 Å². The van der Waals surface area contributed by atoms with Crippen molar-refractivity contribution >= 4 is 50.5 Å². The Morgan fingerprint density at radius 3 is 2.29 bits per heavy atom. The minimum absolute atomic E-state index is 0.00902. The van der Waals surface area contributed by atoms with Crippen molar-refractivity contribution in [1.82, 2.24) is 0 Å². The van der Waals surface area contributed by atoms with Crippen LogP contribution in [0.1, 0.15) is 5.56 Å². The maximum atomic E-state index is 12.3. The van der Waals surface area contributed by atoms with E-state index in [1.54, 1.807) is 0 Å². The predicted octanol–water partition coefficient (Wildman–Crippen LogP) is 4.32. The number of rotatable bonds is 3. The second-order valence-electron chi connectivity index (χ2n) is 3.99. The molecule has 0 aliphatic rings. The van der Waals surface area contributed by atoms with E-state index in [1.165, 1.54) is 36.4 Å². The SMILES string of the molecule is N#Cc1ccc(NS(=O)(=O)c2ccc(Cl)cc2Cl)cc1Cl. The first-order valence-corrected chi connectivity index (χ1v) is 8.13. The van der Waals surface area contributed by atoms with Gasteiger partial charge in [-0.2, -0.15) is 5.26 Å². The van der Waals surface area contributed by atoms with E-state index < -0.39 is 10.0 Å². The average Bonchev–Trinajstić information content (AvgIpc) is 2.37. The number of sulfonamides is 1. The molecule has 0 unspecified atom stereocenters. The van der Waals surface area contributed by atoms with Crippen LogP contribution in [0.3, 0.4) is 0 Å². The van der Waals surface area contributed by atoms with Gasteiger partial charge < -0.3 is 0 Å². The molecule has 0 aliphatic carbocycles. The number of nitriles is 1. The Morgan fingerprint density at radius 2 is 1.71 bits per heavy atom. The van der Waals surface area contributed by atoms with Gasteiger partial charge in [0, 0.05) is 5.02 Å². The Balaban J connectivity index is 2.38. The Bertz CT molecular complexity index is 845. The minimum atomic E-state index is -3.88. The van der Waals surface area contributed by atoms with Gasteiger partial charge in [-0.1, -0.05) is 34.8 Å². The van der Waals surface area contributed by atoms with E-state index >= 15 is 0 Å². The molecule has 0 saturated heterocycles. The second kappa shape index (κ2) is 6.12. The number of anilines is 1. The Labute approximate surface area is 136 Å². The zero-order valence-corrected chi connectivity index (χ0v) is 13.4. The summed E-state index contributed by atoms with van der Waals surface area (Å²) in [7, 11) is -3.88. The van der Waals surface area contributed by atoms with Crippen molar-refractivity contribution in [2.45, 2.75) is 4.90 Å². The van der Waals surface area contributed by atoms with Gasteiger partial charge in [0.2, 0.25) is 0 Å².